The number of carbonyl (C=O) groups is 1. The molecule has 0 unspecified atom stereocenters. The van der Waals surface area contributed by atoms with Gasteiger partial charge in [-0.05, 0) is 11.4 Å². The highest BCUT2D eigenvalue weighted by atomic mass is 32.1. The number of rotatable bonds is 3. The van der Waals surface area contributed by atoms with Crippen molar-refractivity contribution in [1.29, 1.82) is 0 Å². The van der Waals surface area contributed by atoms with Gasteiger partial charge in [-0.25, -0.2) is 4.98 Å². The summed E-state index contributed by atoms with van der Waals surface area (Å²) in [5.74, 6) is 0.0889. The van der Waals surface area contributed by atoms with Crippen molar-refractivity contribution >= 4 is 17.2 Å². The zero-order valence-corrected chi connectivity index (χ0v) is 13.0. The van der Waals surface area contributed by atoms with Crippen molar-refractivity contribution in [3.8, 4) is 0 Å². The van der Waals surface area contributed by atoms with Gasteiger partial charge < -0.3 is 9.47 Å². The Morgan fingerprint density at radius 1 is 1.41 bits per heavy atom. The summed E-state index contributed by atoms with van der Waals surface area (Å²) in [6.45, 7) is 1.93. The highest BCUT2D eigenvalue weighted by molar-refractivity contribution is 7.08. The highest BCUT2D eigenvalue weighted by Crippen LogP contribution is 2.27. The van der Waals surface area contributed by atoms with Crippen molar-refractivity contribution in [1.82, 2.24) is 24.2 Å². The Hall–Kier alpha value is -2.41. The molecule has 1 aliphatic heterocycles. The van der Waals surface area contributed by atoms with E-state index in [0.717, 1.165) is 17.0 Å². The van der Waals surface area contributed by atoms with Gasteiger partial charge in [-0.1, -0.05) is 0 Å². The molecule has 3 aromatic heterocycles. The molecule has 0 saturated carbocycles. The molecule has 6 nitrogen and oxygen atoms in total. The van der Waals surface area contributed by atoms with E-state index >= 15 is 0 Å². The van der Waals surface area contributed by atoms with Gasteiger partial charge >= 0.3 is 0 Å². The largest absolute Gasteiger partial charge is 0.331 e. The van der Waals surface area contributed by atoms with Crippen LogP contribution in [0.5, 0.6) is 0 Å². The molecular weight excluding hydrogens is 298 g/mol. The van der Waals surface area contributed by atoms with E-state index in [9.17, 15) is 4.79 Å². The molecule has 1 amide bonds. The lowest BCUT2D eigenvalue weighted by Gasteiger charge is -2.15. The second-order valence-electron chi connectivity index (χ2n) is 5.40. The highest BCUT2D eigenvalue weighted by Gasteiger charge is 2.30. The summed E-state index contributed by atoms with van der Waals surface area (Å²) in [5.41, 5.74) is 4.07. The SMILES string of the molecule is Cn1nc(Cn2ccnc2)c2c1CN(C(=O)c1ccsc1)C2. The van der Waals surface area contributed by atoms with Gasteiger partial charge in [0, 0.05) is 30.4 Å². The normalized spacial score (nSPS) is 13.6. The Labute approximate surface area is 131 Å². The minimum atomic E-state index is 0.0889. The zero-order valence-electron chi connectivity index (χ0n) is 12.1. The monoisotopic (exact) mass is 313 g/mol. The van der Waals surface area contributed by atoms with Crippen molar-refractivity contribution in [2.45, 2.75) is 19.6 Å². The van der Waals surface area contributed by atoms with Crippen molar-refractivity contribution in [3.05, 3.63) is 58.1 Å². The number of aromatic nitrogens is 4. The predicted molar refractivity (Wildman–Crippen MR) is 82.4 cm³/mol. The fourth-order valence-electron chi connectivity index (χ4n) is 2.86. The first-order chi connectivity index (χ1) is 10.7. The third kappa shape index (κ3) is 2.14. The van der Waals surface area contributed by atoms with E-state index < -0.39 is 0 Å². The average Bonchev–Trinajstić information content (AvgIpc) is 3.25. The number of aryl methyl sites for hydroxylation is 1. The number of imidazole rings is 1. The molecule has 1 aliphatic rings. The van der Waals surface area contributed by atoms with E-state index in [1.54, 1.807) is 23.9 Å². The lowest BCUT2D eigenvalue weighted by Crippen LogP contribution is -2.26. The van der Waals surface area contributed by atoms with Gasteiger partial charge in [-0.2, -0.15) is 16.4 Å². The maximum atomic E-state index is 12.5. The lowest BCUT2D eigenvalue weighted by atomic mass is 10.2. The van der Waals surface area contributed by atoms with Crippen LogP contribution in [0.15, 0.2) is 35.5 Å². The third-order valence-electron chi connectivity index (χ3n) is 3.99. The van der Waals surface area contributed by atoms with Gasteiger partial charge in [-0.3, -0.25) is 9.48 Å². The molecule has 22 heavy (non-hydrogen) atoms. The number of hydrogen-bond acceptors (Lipinski definition) is 4. The predicted octanol–water partition coefficient (Wildman–Crippen LogP) is 1.88. The summed E-state index contributed by atoms with van der Waals surface area (Å²) in [6.07, 6.45) is 5.46. The number of thiophene rings is 1. The second-order valence-corrected chi connectivity index (χ2v) is 6.18. The van der Waals surface area contributed by atoms with Crippen LogP contribution >= 0.6 is 11.3 Å². The van der Waals surface area contributed by atoms with Gasteiger partial charge in [0.2, 0.25) is 0 Å². The van der Waals surface area contributed by atoms with Gasteiger partial charge in [0.05, 0.1) is 42.9 Å². The van der Waals surface area contributed by atoms with Crippen molar-refractivity contribution < 1.29 is 4.79 Å². The van der Waals surface area contributed by atoms with Crippen LogP contribution in [0.1, 0.15) is 27.3 Å². The maximum absolute atomic E-state index is 12.5. The Bertz CT molecular complexity index is 803. The van der Waals surface area contributed by atoms with E-state index in [0.29, 0.717) is 19.6 Å². The number of hydrogen-bond donors (Lipinski definition) is 0. The van der Waals surface area contributed by atoms with Crippen LogP contribution in [-0.4, -0.2) is 30.1 Å². The van der Waals surface area contributed by atoms with E-state index in [1.165, 1.54) is 5.56 Å². The molecule has 4 rings (SSSR count). The first kappa shape index (κ1) is 13.3. The molecule has 112 valence electrons. The molecule has 0 aromatic carbocycles. The Kier molecular flexibility index (Phi) is 3.07. The summed E-state index contributed by atoms with van der Waals surface area (Å²) < 4.78 is 3.88. The number of nitrogens with zero attached hydrogens (tertiary/aromatic N) is 5. The number of fused-ring (bicyclic) bond motifs is 1. The first-order valence-electron chi connectivity index (χ1n) is 7.03. The molecule has 0 atom stereocenters. The first-order valence-corrected chi connectivity index (χ1v) is 7.97. The van der Waals surface area contributed by atoms with E-state index in [-0.39, 0.29) is 5.91 Å². The molecular formula is C15H15N5OS. The van der Waals surface area contributed by atoms with Crippen LogP contribution in [0, 0.1) is 0 Å². The van der Waals surface area contributed by atoms with Gasteiger partial charge in [0.1, 0.15) is 0 Å². The van der Waals surface area contributed by atoms with Gasteiger partial charge in [0.15, 0.2) is 0 Å². The standard InChI is InChI=1S/C15H15N5OS/c1-18-14-8-20(15(21)11-2-5-22-9-11)6-12(14)13(17-18)7-19-4-3-16-10-19/h2-5,9-10H,6-8H2,1H3. The topological polar surface area (TPSA) is 56.0 Å². The summed E-state index contributed by atoms with van der Waals surface area (Å²) in [7, 11) is 1.94. The van der Waals surface area contributed by atoms with E-state index in [2.05, 4.69) is 10.1 Å². The minimum absolute atomic E-state index is 0.0889. The molecule has 4 heterocycles. The molecule has 0 fully saturated rings. The van der Waals surface area contributed by atoms with Crippen molar-refractivity contribution in [2.24, 2.45) is 7.05 Å². The van der Waals surface area contributed by atoms with E-state index in [4.69, 9.17) is 0 Å². The molecule has 0 spiro atoms. The van der Waals surface area contributed by atoms with Crippen molar-refractivity contribution in [3.63, 3.8) is 0 Å². The molecule has 0 radical (unpaired) electrons. The summed E-state index contributed by atoms with van der Waals surface area (Å²) in [6, 6.07) is 1.88. The Balaban J connectivity index is 1.60. The van der Waals surface area contributed by atoms with Crippen LogP contribution in [0.2, 0.25) is 0 Å². The van der Waals surface area contributed by atoms with Gasteiger partial charge in [0.25, 0.3) is 5.91 Å². The zero-order chi connectivity index (χ0) is 15.1. The second kappa shape index (κ2) is 5.10. The molecule has 0 bridgehead atoms. The molecule has 0 aliphatic carbocycles. The van der Waals surface area contributed by atoms with Crippen LogP contribution in [0.25, 0.3) is 0 Å². The number of carbonyl (C=O) groups excluding carboxylic acids is 1. The smallest absolute Gasteiger partial charge is 0.255 e. The number of amides is 1. The van der Waals surface area contributed by atoms with Crippen molar-refractivity contribution in [2.75, 3.05) is 0 Å². The lowest BCUT2D eigenvalue weighted by molar-refractivity contribution is 0.0748. The van der Waals surface area contributed by atoms with Crippen LogP contribution < -0.4 is 0 Å². The molecule has 0 saturated heterocycles. The minimum Gasteiger partial charge on any atom is -0.331 e. The fraction of sp³-hybridized carbons (Fsp3) is 0.267. The summed E-state index contributed by atoms with van der Waals surface area (Å²) >= 11 is 1.55. The third-order valence-corrected chi connectivity index (χ3v) is 4.68. The summed E-state index contributed by atoms with van der Waals surface area (Å²) in [5, 5.41) is 8.43. The average molecular weight is 313 g/mol. The summed E-state index contributed by atoms with van der Waals surface area (Å²) in [4.78, 5) is 18.4. The quantitative estimate of drug-likeness (QED) is 0.742. The maximum Gasteiger partial charge on any atom is 0.255 e. The van der Waals surface area contributed by atoms with E-state index in [1.807, 2.05) is 44.2 Å². The molecule has 0 N–H and O–H groups in total. The van der Waals surface area contributed by atoms with Gasteiger partial charge in [-0.15, -0.1) is 0 Å². The van der Waals surface area contributed by atoms with Crippen LogP contribution in [-0.2, 0) is 26.7 Å². The Morgan fingerprint density at radius 3 is 3.05 bits per heavy atom. The Morgan fingerprint density at radius 2 is 2.32 bits per heavy atom. The van der Waals surface area contributed by atoms with Crippen LogP contribution in [0.3, 0.4) is 0 Å². The molecule has 3 aromatic rings. The fourth-order valence-corrected chi connectivity index (χ4v) is 3.49. The van der Waals surface area contributed by atoms with Crippen LogP contribution in [0.4, 0.5) is 0 Å². The molecule has 7 heteroatoms.